The Kier molecular flexibility index (Phi) is 6.41. The van der Waals surface area contributed by atoms with E-state index in [0.29, 0.717) is 24.7 Å². The Morgan fingerprint density at radius 3 is 2.59 bits per heavy atom. The second-order valence-corrected chi connectivity index (χ2v) is 5.00. The van der Waals surface area contributed by atoms with Crippen molar-refractivity contribution in [3.63, 3.8) is 0 Å². The SMILES string of the molecule is CCN(C(C)COC)C(CN)C1CCC(C)O1. The van der Waals surface area contributed by atoms with E-state index in [-0.39, 0.29) is 6.10 Å². The van der Waals surface area contributed by atoms with Crippen LogP contribution in [-0.4, -0.2) is 56.0 Å². The van der Waals surface area contributed by atoms with E-state index < -0.39 is 0 Å². The van der Waals surface area contributed by atoms with Gasteiger partial charge >= 0.3 is 0 Å². The third-order valence-corrected chi connectivity index (χ3v) is 3.70. The summed E-state index contributed by atoms with van der Waals surface area (Å²) in [5.41, 5.74) is 5.95. The first-order valence-corrected chi connectivity index (χ1v) is 6.74. The molecule has 1 fully saturated rings. The fraction of sp³-hybridized carbons (Fsp3) is 1.00. The van der Waals surface area contributed by atoms with Crippen LogP contribution >= 0.6 is 0 Å². The van der Waals surface area contributed by atoms with Crippen molar-refractivity contribution in [3.8, 4) is 0 Å². The first kappa shape index (κ1) is 14.9. The lowest BCUT2D eigenvalue weighted by Gasteiger charge is -2.37. The van der Waals surface area contributed by atoms with Crippen LogP contribution in [0.2, 0.25) is 0 Å². The summed E-state index contributed by atoms with van der Waals surface area (Å²) < 4.78 is 11.2. The van der Waals surface area contributed by atoms with Gasteiger partial charge in [0, 0.05) is 25.7 Å². The van der Waals surface area contributed by atoms with Gasteiger partial charge in [0.05, 0.1) is 18.8 Å². The molecule has 0 aliphatic carbocycles. The molecule has 102 valence electrons. The van der Waals surface area contributed by atoms with Crippen LogP contribution in [0.5, 0.6) is 0 Å². The molecule has 1 saturated heterocycles. The van der Waals surface area contributed by atoms with Crippen LogP contribution in [0, 0.1) is 0 Å². The van der Waals surface area contributed by atoms with Crippen LogP contribution < -0.4 is 5.73 Å². The Hall–Kier alpha value is -0.160. The predicted molar refractivity (Wildman–Crippen MR) is 70.1 cm³/mol. The maximum Gasteiger partial charge on any atom is 0.0747 e. The van der Waals surface area contributed by atoms with Gasteiger partial charge in [-0.3, -0.25) is 4.90 Å². The summed E-state index contributed by atoms with van der Waals surface area (Å²) in [5, 5.41) is 0. The lowest BCUT2D eigenvalue weighted by atomic mass is 10.0. The molecule has 0 amide bonds. The van der Waals surface area contributed by atoms with Gasteiger partial charge in [0.2, 0.25) is 0 Å². The van der Waals surface area contributed by atoms with Crippen LogP contribution in [0.1, 0.15) is 33.6 Å². The second kappa shape index (κ2) is 7.31. The highest BCUT2D eigenvalue weighted by Crippen LogP contribution is 2.25. The van der Waals surface area contributed by atoms with Gasteiger partial charge in [0.25, 0.3) is 0 Å². The average molecular weight is 244 g/mol. The highest BCUT2D eigenvalue weighted by Gasteiger charge is 2.33. The molecule has 0 bridgehead atoms. The van der Waals surface area contributed by atoms with Crippen molar-refractivity contribution in [2.24, 2.45) is 5.73 Å². The van der Waals surface area contributed by atoms with E-state index >= 15 is 0 Å². The molecule has 4 unspecified atom stereocenters. The minimum atomic E-state index is 0.286. The van der Waals surface area contributed by atoms with Crippen LogP contribution in [0.15, 0.2) is 0 Å². The van der Waals surface area contributed by atoms with E-state index in [1.54, 1.807) is 7.11 Å². The van der Waals surface area contributed by atoms with Crippen molar-refractivity contribution >= 4 is 0 Å². The Balaban J connectivity index is 2.62. The monoisotopic (exact) mass is 244 g/mol. The number of nitrogens with zero attached hydrogens (tertiary/aromatic N) is 1. The van der Waals surface area contributed by atoms with Gasteiger partial charge < -0.3 is 15.2 Å². The summed E-state index contributed by atoms with van der Waals surface area (Å²) in [7, 11) is 1.75. The molecule has 4 atom stereocenters. The number of hydrogen-bond donors (Lipinski definition) is 1. The minimum absolute atomic E-state index is 0.286. The van der Waals surface area contributed by atoms with Crippen LogP contribution in [-0.2, 0) is 9.47 Å². The largest absolute Gasteiger partial charge is 0.383 e. The molecule has 1 rings (SSSR count). The van der Waals surface area contributed by atoms with Gasteiger partial charge in [-0.15, -0.1) is 0 Å². The van der Waals surface area contributed by atoms with Crippen molar-refractivity contribution in [1.82, 2.24) is 4.90 Å². The maximum atomic E-state index is 5.96. The number of likely N-dealkylation sites (N-methyl/N-ethyl adjacent to an activating group) is 1. The van der Waals surface area contributed by atoms with Crippen LogP contribution in [0.4, 0.5) is 0 Å². The molecule has 0 aromatic rings. The number of nitrogens with two attached hydrogens (primary N) is 1. The molecule has 0 radical (unpaired) electrons. The molecule has 4 nitrogen and oxygen atoms in total. The van der Waals surface area contributed by atoms with E-state index in [0.717, 1.165) is 26.0 Å². The molecule has 0 aromatic heterocycles. The van der Waals surface area contributed by atoms with Gasteiger partial charge in [-0.1, -0.05) is 6.92 Å². The Labute approximate surface area is 105 Å². The summed E-state index contributed by atoms with van der Waals surface area (Å²) in [6.07, 6.45) is 2.94. The second-order valence-electron chi connectivity index (χ2n) is 5.00. The first-order valence-electron chi connectivity index (χ1n) is 6.74. The third-order valence-electron chi connectivity index (χ3n) is 3.70. The summed E-state index contributed by atoms with van der Waals surface area (Å²) in [6, 6.07) is 0.702. The smallest absolute Gasteiger partial charge is 0.0747 e. The third kappa shape index (κ3) is 3.91. The molecule has 1 aliphatic heterocycles. The zero-order chi connectivity index (χ0) is 12.8. The number of hydrogen-bond acceptors (Lipinski definition) is 4. The first-order chi connectivity index (χ1) is 8.13. The van der Waals surface area contributed by atoms with Gasteiger partial charge in [-0.05, 0) is 33.2 Å². The van der Waals surface area contributed by atoms with Gasteiger partial charge in [-0.25, -0.2) is 0 Å². The van der Waals surface area contributed by atoms with E-state index in [1.807, 2.05) is 0 Å². The van der Waals surface area contributed by atoms with E-state index in [4.69, 9.17) is 15.2 Å². The molecular weight excluding hydrogens is 216 g/mol. The van der Waals surface area contributed by atoms with Gasteiger partial charge in [0.15, 0.2) is 0 Å². The number of rotatable bonds is 7. The number of methoxy groups -OCH3 is 1. The molecule has 17 heavy (non-hydrogen) atoms. The quantitative estimate of drug-likeness (QED) is 0.732. The maximum absolute atomic E-state index is 5.96. The summed E-state index contributed by atoms with van der Waals surface area (Å²) in [5.74, 6) is 0. The van der Waals surface area contributed by atoms with Crippen LogP contribution in [0.25, 0.3) is 0 Å². The summed E-state index contributed by atoms with van der Waals surface area (Å²) >= 11 is 0. The molecule has 1 heterocycles. The average Bonchev–Trinajstić information content (AvgIpc) is 2.72. The van der Waals surface area contributed by atoms with E-state index in [2.05, 4.69) is 25.7 Å². The fourth-order valence-electron chi connectivity index (χ4n) is 2.83. The zero-order valence-electron chi connectivity index (χ0n) is 11.7. The highest BCUT2D eigenvalue weighted by atomic mass is 16.5. The molecule has 2 N–H and O–H groups in total. The van der Waals surface area contributed by atoms with E-state index in [9.17, 15) is 0 Å². The Morgan fingerprint density at radius 2 is 2.18 bits per heavy atom. The predicted octanol–water partition coefficient (Wildman–Crippen LogP) is 1.24. The molecule has 4 heteroatoms. The Bertz CT molecular complexity index is 214. The fourth-order valence-corrected chi connectivity index (χ4v) is 2.83. The van der Waals surface area contributed by atoms with Crippen LogP contribution in [0.3, 0.4) is 0 Å². The zero-order valence-corrected chi connectivity index (χ0v) is 11.7. The van der Waals surface area contributed by atoms with Crippen molar-refractivity contribution in [3.05, 3.63) is 0 Å². The molecule has 0 spiro atoms. The molecule has 0 aromatic carbocycles. The van der Waals surface area contributed by atoms with E-state index in [1.165, 1.54) is 0 Å². The van der Waals surface area contributed by atoms with Gasteiger partial charge in [0.1, 0.15) is 0 Å². The lowest BCUT2D eigenvalue weighted by molar-refractivity contribution is -0.0244. The topological polar surface area (TPSA) is 47.7 Å². The minimum Gasteiger partial charge on any atom is -0.383 e. The molecular formula is C13H28N2O2. The normalized spacial score (nSPS) is 28.6. The van der Waals surface area contributed by atoms with Crippen molar-refractivity contribution in [2.45, 2.75) is 57.9 Å². The van der Waals surface area contributed by atoms with Crippen molar-refractivity contribution in [2.75, 3.05) is 26.8 Å². The molecule has 1 aliphatic rings. The number of ether oxygens (including phenoxy) is 2. The summed E-state index contributed by atoms with van der Waals surface area (Å²) in [4.78, 5) is 2.41. The van der Waals surface area contributed by atoms with Crippen molar-refractivity contribution < 1.29 is 9.47 Å². The lowest BCUT2D eigenvalue weighted by Crippen LogP contribution is -2.53. The summed E-state index contributed by atoms with van der Waals surface area (Å²) in [6.45, 7) is 8.89. The standard InChI is InChI=1S/C13H28N2O2/c1-5-15(10(2)9-16-4)12(8-14)13-7-6-11(3)17-13/h10-13H,5-9,14H2,1-4H3. The molecule has 0 saturated carbocycles. The van der Waals surface area contributed by atoms with Crippen molar-refractivity contribution in [1.29, 1.82) is 0 Å². The van der Waals surface area contributed by atoms with Gasteiger partial charge in [-0.2, -0.15) is 0 Å². The highest BCUT2D eigenvalue weighted by molar-refractivity contribution is 4.87. The Morgan fingerprint density at radius 1 is 1.47 bits per heavy atom.